The van der Waals surface area contributed by atoms with Gasteiger partial charge in [0.25, 0.3) is 0 Å². The first kappa shape index (κ1) is 21.6. The predicted octanol–water partition coefficient (Wildman–Crippen LogP) is 6.32. The van der Waals surface area contributed by atoms with Gasteiger partial charge in [-0.25, -0.2) is 0 Å². The molecule has 0 unspecified atom stereocenters. The maximum atomic E-state index is 6.21. The first-order valence-electron chi connectivity index (χ1n) is 10.4. The third-order valence-electron chi connectivity index (χ3n) is 5.08. The number of ether oxygens (including phenoxy) is 2. The highest BCUT2D eigenvalue weighted by Gasteiger charge is 2.06. The van der Waals surface area contributed by atoms with E-state index in [0.29, 0.717) is 25.8 Å². The van der Waals surface area contributed by atoms with Crippen molar-refractivity contribution in [3.05, 3.63) is 114 Å². The van der Waals surface area contributed by atoms with Gasteiger partial charge < -0.3 is 15.2 Å². The summed E-state index contributed by atoms with van der Waals surface area (Å²) in [6.45, 7) is 1.66. The Morgan fingerprint density at radius 1 is 0.677 bits per heavy atom. The fourth-order valence-corrected chi connectivity index (χ4v) is 4.06. The Hall–Kier alpha value is -2.63. The van der Waals surface area contributed by atoms with Crippen LogP contribution in [0.15, 0.2) is 102 Å². The van der Waals surface area contributed by atoms with Gasteiger partial charge in [-0.05, 0) is 51.7 Å². The third-order valence-corrected chi connectivity index (χ3v) is 5.97. The molecule has 0 aliphatic rings. The lowest BCUT2D eigenvalue weighted by Gasteiger charge is -2.13. The van der Waals surface area contributed by atoms with E-state index in [1.54, 1.807) is 11.8 Å². The van der Waals surface area contributed by atoms with Crippen molar-refractivity contribution in [2.75, 3.05) is 12.5 Å². The second kappa shape index (κ2) is 11.1. The van der Waals surface area contributed by atoms with Gasteiger partial charge in [0.15, 0.2) is 0 Å². The molecule has 4 aromatic rings. The van der Waals surface area contributed by atoms with E-state index in [1.165, 1.54) is 21.2 Å². The van der Waals surface area contributed by atoms with E-state index >= 15 is 0 Å². The van der Waals surface area contributed by atoms with Crippen LogP contribution in [0.5, 0.6) is 0 Å². The van der Waals surface area contributed by atoms with E-state index in [4.69, 9.17) is 15.2 Å². The zero-order chi connectivity index (χ0) is 21.3. The van der Waals surface area contributed by atoms with E-state index in [1.807, 2.05) is 48.5 Å². The van der Waals surface area contributed by atoms with Crippen LogP contribution in [0, 0.1) is 0 Å². The summed E-state index contributed by atoms with van der Waals surface area (Å²) < 4.78 is 11.7. The summed E-state index contributed by atoms with van der Waals surface area (Å²) >= 11 is 1.71. The fourth-order valence-electron chi connectivity index (χ4n) is 3.41. The Kier molecular flexibility index (Phi) is 7.75. The molecular weight excluding hydrogens is 402 g/mol. The van der Waals surface area contributed by atoms with Crippen molar-refractivity contribution in [3.63, 3.8) is 0 Å². The van der Waals surface area contributed by atoms with E-state index in [9.17, 15) is 0 Å². The third kappa shape index (κ3) is 6.42. The summed E-state index contributed by atoms with van der Waals surface area (Å²) in [5, 5.41) is 2.41. The molecule has 158 valence electrons. The number of thioether (sulfide) groups is 1. The highest BCUT2D eigenvalue weighted by Crippen LogP contribution is 2.21. The summed E-state index contributed by atoms with van der Waals surface area (Å²) in [7, 11) is 0. The van der Waals surface area contributed by atoms with Crippen molar-refractivity contribution in [2.45, 2.75) is 24.2 Å². The van der Waals surface area contributed by atoms with Crippen LogP contribution in [0.4, 0.5) is 0 Å². The van der Waals surface area contributed by atoms with Crippen LogP contribution >= 0.6 is 11.8 Å². The monoisotopic (exact) mass is 429 g/mol. The lowest BCUT2D eigenvalue weighted by atomic mass is 10.0. The summed E-state index contributed by atoms with van der Waals surface area (Å²) in [6, 6.07) is 33.2. The van der Waals surface area contributed by atoms with E-state index in [0.717, 1.165) is 11.1 Å². The van der Waals surface area contributed by atoms with Gasteiger partial charge in [-0.15, -0.1) is 0 Å². The van der Waals surface area contributed by atoms with Crippen molar-refractivity contribution >= 4 is 22.5 Å². The zero-order valence-electron chi connectivity index (χ0n) is 17.4. The molecule has 0 heterocycles. The Bertz CT molecular complexity index is 1090. The van der Waals surface area contributed by atoms with Gasteiger partial charge in [0.2, 0.25) is 0 Å². The van der Waals surface area contributed by atoms with E-state index < -0.39 is 0 Å². The minimum absolute atomic E-state index is 0.107. The fraction of sp³-hybridized carbons (Fsp3) is 0.185. The van der Waals surface area contributed by atoms with Crippen molar-refractivity contribution in [3.8, 4) is 0 Å². The molecule has 31 heavy (non-hydrogen) atoms. The van der Waals surface area contributed by atoms with Crippen LogP contribution in [-0.2, 0) is 22.7 Å². The molecule has 0 bridgehead atoms. The molecule has 0 saturated carbocycles. The SMILES string of the molecule is N[C@H](COCc1ccc2cc(COCSc3ccccc3)ccc2c1)c1ccccc1. The van der Waals surface area contributed by atoms with Crippen LogP contribution < -0.4 is 5.73 Å². The Morgan fingerprint density at radius 2 is 1.26 bits per heavy atom. The molecule has 0 radical (unpaired) electrons. The second-order valence-corrected chi connectivity index (χ2v) is 8.47. The quantitative estimate of drug-likeness (QED) is 0.182. The Morgan fingerprint density at radius 3 is 1.90 bits per heavy atom. The first-order chi connectivity index (χ1) is 15.3. The minimum atomic E-state index is -0.107. The topological polar surface area (TPSA) is 44.5 Å². The average Bonchev–Trinajstić information content (AvgIpc) is 2.83. The maximum Gasteiger partial charge on any atom is 0.0971 e. The first-order valence-corrected chi connectivity index (χ1v) is 11.4. The largest absolute Gasteiger partial charge is 0.375 e. The van der Waals surface area contributed by atoms with Gasteiger partial charge >= 0.3 is 0 Å². The van der Waals surface area contributed by atoms with Gasteiger partial charge in [-0.3, -0.25) is 0 Å². The molecule has 0 saturated heterocycles. The molecule has 3 nitrogen and oxygen atoms in total. The normalized spacial score (nSPS) is 12.2. The van der Waals surface area contributed by atoms with Crippen LogP contribution in [-0.4, -0.2) is 12.5 Å². The van der Waals surface area contributed by atoms with Gasteiger partial charge in [0.05, 0.1) is 31.8 Å². The molecule has 2 N–H and O–H groups in total. The molecule has 1 atom stereocenters. The molecule has 0 fully saturated rings. The Labute approximate surface area is 188 Å². The number of hydrogen-bond donors (Lipinski definition) is 1. The van der Waals surface area contributed by atoms with Crippen LogP contribution in [0.25, 0.3) is 10.8 Å². The lowest BCUT2D eigenvalue weighted by Crippen LogP contribution is -2.16. The molecule has 4 rings (SSSR count). The van der Waals surface area contributed by atoms with Crippen molar-refractivity contribution in [2.24, 2.45) is 5.73 Å². The number of nitrogens with two attached hydrogens (primary N) is 1. The van der Waals surface area contributed by atoms with E-state index in [2.05, 4.69) is 48.5 Å². The molecule has 0 amide bonds. The summed E-state index contributed by atoms with van der Waals surface area (Å²) in [6.07, 6.45) is 0. The van der Waals surface area contributed by atoms with Gasteiger partial charge in [-0.1, -0.05) is 84.6 Å². The molecule has 0 spiro atoms. The number of hydrogen-bond acceptors (Lipinski definition) is 4. The second-order valence-electron chi connectivity index (χ2n) is 7.47. The highest BCUT2D eigenvalue weighted by atomic mass is 32.2. The summed E-state index contributed by atoms with van der Waals surface area (Å²) in [5.74, 6) is 0.642. The number of fused-ring (bicyclic) bond motifs is 1. The molecule has 0 aliphatic heterocycles. The van der Waals surface area contributed by atoms with E-state index in [-0.39, 0.29) is 6.04 Å². The van der Waals surface area contributed by atoms with Crippen LogP contribution in [0.3, 0.4) is 0 Å². The molecular formula is C27H27NO2S. The average molecular weight is 430 g/mol. The molecule has 0 aromatic heterocycles. The van der Waals surface area contributed by atoms with Crippen molar-refractivity contribution in [1.29, 1.82) is 0 Å². The summed E-state index contributed by atoms with van der Waals surface area (Å²) in [5.41, 5.74) is 9.64. The van der Waals surface area contributed by atoms with Crippen LogP contribution in [0.2, 0.25) is 0 Å². The predicted molar refractivity (Wildman–Crippen MR) is 129 cm³/mol. The van der Waals surface area contributed by atoms with Gasteiger partial charge in [0, 0.05) is 4.90 Å². The van der Waals surface area contributed by atoms with Crippen LogP contribution in [0.1, 0.15) is 22.7 Å². The molecule has 4 heteroatoms. The maximum absolute atomic E-state index is 6.21. The lowest BCUT2D eigenvalue weighted by molar-refractivity contribution is 0.108. The molecule has 0 aliphatic carbocycles. The standard InChI is InChI=1S/C27H27NO2S/c28-27(23-7-3-1-4-8-23)19-29-17-21-11-13-25-16-22(12-14-24(25)15-21)18-30-20-31-26-9-5-2-6-10-26/h1-16,27H,17-20,28H2/t27-/m1/s1. The highest BCUT2D eigenvalue weighted by molar-refractivity contribution is 7.99. The zero-order valence-corrected chi connectivity index (χ0v) is 18.3. The van der Waals surface area contributed by atoms with Gasteiger partial charge in [0.1, 0.15) is 0 Å². The number of benzene rings is 4. The van der Waals surface area contributed by atoms with Crippen molar-refractivity contribution in [1.82, 2.24) is 0 Å². The number of rotatable bonds is 10. The smallest absolute Gasteiger partial charge is 0.0971 e. The van der Waals surface area contributed by atoms with Gasteiger partial charge in [-0.2, -0.15) is 0 Å². The minimum Gasteiger partial charge on any atom is -0.375 e. The summed E-state index contributed by atoms with van der Waals surface area (Å²) in [4.78, 5) is 1.22. The van der Waals surface area contributed by atoms with Crippen molar-refractivity contribution < 1.29 is 9.47 Å². The Balaban J connectivity index is 1.26. The molecule has 4 aromatic carbocycles.